The normalized spacial score (nSPS) is 10.6. The van der Waals surface area contributed by atoms with Crippen LogP contribution in [0.4, 0.5) is 5.69 Å². The number of nitrogens with one attached hydrogen (secondary N) is 1. The lowest BCUT2D eigenvalue weighted by Crippen LogP contribution is -2.15. The van der Waals surface area contributed by atoms with E-state index < -0.39 is 0 Å². The van der Waals surface area contributed by atoms with Crippen LogP contribution in [0.2, 0.25) is 10.0 Å². The molecule has 122 valence electrons. The first kappa shape index (κ1) is 17.8. The number of thioether (sulfide) groups is 1. The van der Waals surface area contributed by atoms with Crippen molar-refractivity contribution in [2.24, 2.45) is 0 Å². The maximum Gasteiger partial charge on any atom is 0.234 e. The summed E-state index contributed by atoms with van der Waals surface area (Å²) in [6, 6.07) is 5.09. The van der Waals surface area contributed by atoms with E-state index in [0.717, 1.165) is 12.2 Å². The van der Waals surface area contributed by atoms with Crippen LogP contribution in [0, 0.1) is 0 Å². The number of hydrogen-bond donors (Lipinski definition) is 1. The maximum absolute atomic E-state index is 12.1. The van der Waals surface area contributed by atoms with E-state index in [9.17, 15) is 4.79 Å². The zero-order valence-electron chi connectivity index (χ0n) is 12.6. The minimum absolute atomic E-state index is 0.189. The summed E-state index contributed by atoms with van der Waals surface area (Å²) in [6.45, 7) is 6.35. The van der Waals surface area contributed by atoms with Gasteiger partial charge in [0.1, 0.15) is 5.82 Å². The van der Waals surface area contributed by atoms with Crippen molar-refractivity contribution in [3.63, 3.8) is 0 Å². The molecular weight excluding hydrogens is 355 g/mol. The van der Waals surface area contributed by atoms with Crippen molar-refractivity contribution in [3.8, 4) is 0 Å². The Kier molecular flexibility index (Phi) is 6.50. The highest BCUT2D eigenvalue weighted by Gasteiger charge is 2.13. The maximum atomic E-state index is 12.1. The third-order valence-corrected chi connectivity index (χ3v) is 4.77. The van der Waals surface area contributed by atoms with Gasteiger partial charge in [-0.05, 0) is 12.1 Å². The van der Waals surface area contributed by atoms with Crippen LogP contribution in [0.1, 0.15) is 12.7 Å². The lowest BCUT2D eigenvalue weighted by molar-refractivity contribution is -0.113. The van der Waals surface area contributed by atoms with Gasteiger partial charge in [0.2, 0.25) is 5.91 Å². The Labute approximate surface area is 149 Å². The van der Waals surface area contributed by atoms with Crippen LogP contribution < -0.4 is 5.32 Å². The first-order valence-electron chi connectivity index (χ1n) is 6.96. The number of carbonyl (C=O) groups is 1. The van der Waals surface area contributed by atoms with Gasteiger partial charge >= 0.3 is 0 Å². The molecule has 0 fully saturated rings. The highest BCUT2D eigenvalue weighted by Crippen LogP contribution is 2.29. The second kappa shape index (κ2) is 8.38. The van der Waals surface area contributed by atoms with E-state index in [1.54, 1.807) is 24.3 Å². The van der Waals surface area contributed by atoms with E-state index >= 15 is 0 Å². The van der Waals surface area contributed by atoms with Gasteiger partial charge in [0.25, 0.3) is 0 Å². The molecule has 0 saturated carbocycles. The number of nitrogens with zero attached hydrogens (tertiary/aromatic N) is 3. The molecule has 1 amide bonds. The molecule has 0 radical (unpaired) electrons. The Bertz CT molecular complexity index is 717. The Morgan fingerprint density at radius 3 is 2.91 bits per heavy atom. The fraction of sp³-hybridized carbons (Fsp3) is 0.267. The molecule has 0 spiro atoms. The van der Waals surface area contributed by atoms with Crippen molar-refractivity contribution in [1.29, 1.82) is 0 Å². The Morgan fingerprint density at radius 2 is 2.22 bits per heavy atom. The molecule has 5 nitrogen and oxygen atoms in total. The topological polar surface area (TPSA) is 59.8 Å². The van der Waals surface area contributed by atoms with Crippen molar-refractivity contribution in [1.82, 2.24) is 14.8 Å². The lowest BCUT2D eigenvalue weighted by atomic mass is 10.3. The van der Waals surface area contributed by atoms with Crippen molar-refractivity contribution in [2.45, 2.75) is 25.0 Å². The summed E-state index contributed by atoms with van der Waals surface area (Å²) >= 11 is 13.3. The minimum atomic E-state index is -0.189. The number of halogens is 2. The molecular formula is C15H16Cl2N4OS. The van der Waals surface area contributed by atoms with E-state index in [1.165, 1.54) is 11.8 Å². The van der Waals surface area contributed by atoms with Gasteiger partial charge in [0.15, 0.2) is 5.16 Å². The molecule has 8 heteroatoms. The molecule has 1 N–H and O–H groups in total. The highest BCUT2D eigenvalue weighted by molar-refractivity contribution is 7.99. The molecule has 0 aliphatic rings. The van der Waals surface area contributed by atoms with Gasteiger partial charge in [-0.25, -0.2) is 0 Å². The molecule has 23 heavy (non-hydrogen) atoms. The van der Waals surface area contributed by atoms with Crippen molar-refractivity contribution in [2.75, 3.05) is 11.1 Å². The van der Waals surface area contributed by atoms with Gasteiger partial charge in [-0.3, -0.25) is 4.79 Å². The molecule has 0 saturated heterocycles. The number of aryl methyl sites for hydroxylation is 1. The quantitative estimate of drug-likeness (QED) is 0.589. The zero-order chi connectivity index (χ0) is 16.8. The molecule has 2 rings (SSSR count). The average molecular weight is 371 g/mol. The predicted molar refractivity (Wildman–Crippen MR) is 95.4 cm³/mol. The minimum Gasteiger partial charge on any atom is -0.324 e. The molecule has 2 aromatic rings. The lowest BCUT2D eigenvalue weighted by Gasteiger charge is -2.09. The van der Waals surface area contributed by atoms with E-state index in [4.69, 9.17) is 23.2 Å². The molecule has 1 aromatic heterocycles. The summed E-state index contributed by atoms with van der Waals surface area (Å²) in [4.78, 5) is 12.1. The number of amides is 1. The third-order valence-electron chi connectivity index (χ3n) is 2.98. The Hall–Kier alpha value is -1.50. The third kappa shape index (κ3) is 4.50. The van der Waals surface area contributed by atoms with Gasteiger partial charge in [0.05, 0.1) is 21.5 Å². The van der Waals surface area contributed by atoms with Crippen LogP contribution in [0.3, 0.4) is 0 Å². The van der Waals surface area contributed by atoms with Crippen LogP contribution in [0.5, 0.6) is 0 Å². The van der Waals surface area contributed by atoms with Crippen molar-refractivity contribution < 1.29 is 4.79 Å². The van der Waals surface area contributed by atoms with Gasteiger partial charge in [0, 0.05) is 13.0 Å². The first-order valence-corrected chi connectivity index (χ1v) is 8.70. The van der Waals surface area contributed by atoms with Crippen LogP contribution in [-0.2, 0) is 17.8 Å². The predicted octanol–water partition coefficient (Wildman–Crippen LogP) is 4.06. The van der Waals surface area contributed by atoms with E-state index in [2.05, 4.69) is 22.1 Å². The number of allylic oxidation sites excluding steroid dienone is 1. The largest absolute Gasteiger partial charge is 0.324 e. The van der Waals surface area contributed by atoms with Gasteiger partial charge in [-0.1, -0.05) is 54.0 Å². The monoisotopic (exact) mass is 370 g/mol. The summed E-state index contributed by atoms with van der Waals surface area (Å²) in [6.07, 6.45) is 2.55. The number of rotatable bonds is 7. The highest BCUT2D eigenvalue weighted by atomic mass is 35.5. The molecule has 1 aromatic carbocycles. The second-order valence-electron chi connectivity index (χ2n) is 4.59. The summed E-state index contributed by atoms with van der Waals surface area (Å²) in [5.74, 6) is 0.873. The van der Waals surface area contributed by atoms with Crippen molar-refractivity contribution in [3.05, 3.63) is 46.7 Å². The standard InChI is InChI=1S/C15H16Cl2N4OS/c1-3-8-21-12(4-2)19-20-15(21)23-9-13(22)18-11-7-5-6-10(16)14(11)17/h3,5-7H,1,4,8-9H2,2H3,(H,18,22). The van der Waals surface area contributed by atoms with Crippen LogP contribution >= 0.6 is 35.0 Å². The molecule has 0 bridgehead atoms. The van der Waals surface area contributed by atoms with Crippen LogP contribution in [0.15, 0.2) is 36.0 Å². The molecule has 0 unspecified atom stereocenters. The first-order chi connectivity index (χ1) is 11.1. The number of benzene rings is 1. The zero-order valence-corrected chi connectivity index (χ0v) is 14.9. The summed E-state index contributed by atoms with van der Waals surface area (Å²) < 4.78 is 1.94. The number of hydrogen-bond acceptors (Lipinski definition) is 4. The smallest absolute Gasteiger partial charge is 0.234 e. The fourth-order valence-electron chi connectivity index (χ4n) is 1.92. The van der Waals surface area contributed by atoms with Crippen LogP contribution in [0.25, 0.3) is 0 Å². The van der Waals surface area contributed by atoms with Gasteiger partial charge in [-0.2, -0.15) is 0 Å². The Balaban J connectivity index is 2.01. The van der Waals surface area contributed by atoms with E-state index in [1.807, 2.05) is 11.5 Å². The summed E-state index contributed by atoms with van der Waals surface area (Å²) in [5.41, 5.74) is 0.492. The number of aromatic nitrogens is 3. The van der Waals surface area contributed by atoms with Crippen molar-refractivity contribution >= 4 is 46.6 Å². The molecule has 1 heterocycles. The van der Waals surface area contributed by atoms with Gasteiger partial charge < -0.3 is 9.88 Å². The van der Waals surface area contributed by atoms with E-state index in [0.29, 0.717) is 27.4 Å². The molecule has 0 atom stereocenters. The molecule has 0 aliphatic carbocycles. The average Bonchev–Trinajstić information content (AvgIpc) is 2.92. The molecule has 0 aliphatic heterocycles. The fourth-order valence-corrected chi connectivity index (χ4v) is 3.03. The van der Waals surface area contributed by atoms with E-state index in [-0.39, 0.29) is 11.7 Å². The van der Waals surface area contributed by atoms with Gasteiger partial charge in [-0.15, -0.1) is 16.8 Å². The number of anilines is 1. The van der Waals surface area contributed by atoms with Crippen LogP contribution in [-0.4, -0.2) is 26.4 Å². The SMILES string of the molecule is C=CCn1c(CC)nnc1SCC(=O)Nc1cccc(Cl)c1Cl. The Morgan fingerprint density at radius 1 is 1.43 bits per heavy atom. The summed E-state index contributed by atoms with van der Waals surface area (Å²) in [7, 11) is 0. The number of carbonyl (C=O) groups excluding carboxylic acids is 1. The summed E-state index contributed by atoms with van der Waals surface area (Å²) in [5, 5.41) is 12.4. The second-order valence-corrected chi connectivity index (χ2v) is 6.32.